The third-order valence-corrected chi connectivity index (χ3v) is 6.64. The van der Waals surface area contributed by atoms with Crippen molar-refractivity contribution in [1.29, 1.82) is 0 Å². The van der Waals surface area contributed by atoms with Crippen LogP contribution in [0, 0.1) is 0 Å². The second kappa shape index (κ2) is 8.37. The molecule has 0 aromatic carbocycles. The number of hydrogen-bond acceptors (Lipinski definition) is 8. The predicted molar refractivity (Wildman–Crippen MR) is 112 cm³/mol. The largest absolute Gasteiger partial charge is 0.387 e. The zero-order valence-electron chi connectivity index (χ0n) is 17.7. The second-order valence-corrected chi connectivity index (χ2v) is 8.78. The van der Waals surface area contributed by atoms with Crippen LogP contribution in [0.5, 0.6) is 0 Å². The Balaban J connectivity index is 1.78. The third-order valence-electron chi connectivity index (χ3n) is 6.64. The van der Waals surface area contributed by atoms with E-state index in [4.69, 9.17) is 15.5 Å². The van der Waals surface area contributed by atoms with E-state index < -0.39 is 30.1 Å². The number of nitrogen functional groups attached to an aromatic ring is 1. The van der Waals surface area contributed by atoms with Gasteiger partial charge < -0.3 is 25.8 Å². The number of anilines is 1. The molecule has 3 heterocycles. The topological polar surface area (TPSA) is 140 Å². The lowest BCUT2D eigenvalue weighted by atomic mass is 9.84. The number of hydrogen-bond donors (Lipinski definition) is 4. The minimum Gasteiger partial charge on any atom is -0.387 e. The Labute approximate surface area is 176 Å². The van der Waals surface area contributed by atoms with Gasteiger partial charge in [0.1, 0.15) is 30.5 Å². The number of fused-ring (bicyclic) bond motifs is 1. The van der Waals surface area contributed by atoms with Crippen molar-refractivity contribution in [3.8, 4) is 0 Å². The molecule has 0 bridgehead atoms. The molecule has 1 saturated heterocycles. The van der Waals surface area contributed by atoms with E-state index in [2.05, 4.69) is 9.97 Å². The minimum absolute atomic E-state index is 0.204. The molecular weight excluding hydrogens is 386 g/mol. The zero-order valence-corrected chi connectivity index (χ0v) is 17.7. The van der Waals surface area contributed by atoms with E-state index in [1.165, 1.54) is 6.33 Å². The summed E-state index contributed by atoms with van der Waals surface area (Å²) >= 11 is 0. The van der Waals surface area contributed by atoms with Gasteiger partial charge in [-0.3, -0.25) is 4.57 Å². The first kappa shape index (κ1) is 21.4. The molecule has 4 rings (SSSR count). The standard InChI is InChI=1S/C21H33N5O4/c1-3-9-21(29,10-4-2)16-14(27)15(28)20(30-16)26-18(12-7-5-6-8-12)25-13-17(22)23-11-24-19(13)26/h11-12,14-16,20,27-29H,3-10H2,1-2H3,(H2,22,23,24)/t14-,15+,16-,20+/m0/s1. The molecule has 5 N–H and O–H groups in total. The van der Waals surface area contributed by atoms with Crippen LogP contribution in [-0.4, -0.2) is 58.8 Å². The van der Waals surface area contributed by atoms with Crippen LogP contribution in [0.15, 0.2) is 6.33 Å². The maximum Gasteiger partial charge on any atom is 0.167 e. The maximum absolute atomic E-state index is 11.3. The second-order valence-electron chi connectivity index (χ2n) is 8.78. The fraction of sp³-hybridized carbons (Fsp3) is 0.762. The Kier molecular flexibility index (Phi) is 5.98. The smallest absolute Gasteiger partial charge is 0.167 e. The van der Waals surface area contributed by atoms with Crippen molar-refractivity contribution < 1.29 is 20.1 Å². The summed E-state index contributed by atoms with van der Waals surface area (Å²) in [6.07, 6.45) is 3.79. The van der Waals surface area contributed by atoms with Gasteiger partial charge >= 0.3 is 0 Å². The van der Waals surface area contributed by atoms with Crippen LogP contribution < -0.4 is 5.73 Å². The molecule has 2 fully saturated rings. The van der Waals surface area contributed by atoms with Crippen LogP contribution in [0.1, 0.15) is 83.2 Å². The first-order chi connectivity index (χ1) is 14.4. The number of nitrogens with zero attached hydrogens (tertiary/aromatic N) is 4. The molecule has 9 heteroatoms. The minimum atomic E-state index is -1.22. The summed E-state index contributed by atoms with van der Waals surface area (Å²) in [6, 6.07) is 0. The molecule has 1 aliphatic heterocycles. The molecule has 9 nitrogen and oxygen atoms in total. The fourth-order valence-corrected chi connectivity index (χ4v) is 5.26. The highest BCUT2D eigenvalue weighted by Crippen LogP contribution is 2.43. The normalized spacial score (nSPS) is 28.0. The van der Waals surface area contributed by atoms with Gasteiger partial charge in [-0.2, -0.15) is 0 Å². The molecule has 0 spiro atoms. The molecule has 0 radical (unpaired) electrons. The summed E-state index contributed by atoms with van der Waals surface area (Å²) in [4.78, 5) is 13.2. The summed E-state index contributed by atoms with van der Waals surface area (Å²) < 4.78 is 7.99. The molecule has 4 atom stereocenters. The van der Waals surface area contributed by atoms with E-state index >= 15 is 0 Å². The lowest BCUT2D eigenvalue weighted by Gasteiger charge is -2.35. The van der Waals surface area contributed by atoms with E-state index in [-0.39, 0.29) is 11.7 Å². The van der Waals surface area contributed by atoms with Gasteiger partial charge in [0.25, 0.3) is 0 Å². The molecule has 0 amide bonds. The molecule has 2 aromatic rings. The average Bonchev–Trinajstić information content (AvgIpc) is 3.42. The van der Waals surface area contributed by atoms with Crippen LogP contribution in [0.3, 0.4) is 0 Å². The van der Waals surface area contributed by atoms with Gasteiger partial charge in [-0.1, -0.05) is 39.5 Å². The number of ether oxygens (including phenoxy) is 1. The van der Waals surface area contributed by atoms with Gasteiger partial charge in [0, 0.05) is 5.92 Å². The van der Waals surface area contributed by atoms with Crippen LogP contribution in [0.4, 0.5) is 5.82 Å². The number of aliphatic hydroxyl groups is 3. The summed E-state index contributed by atoms with van der Waals surface area (Å²) in [5, 5.41) is 33.1. The third kappa shape index (κ3) is 3.47. The van der Waals surface area contributed by atoms with Gasteiger partial charge in [-0.05, 0) is 25.7 Å². The Morgan fingerprint density at radius 2 is 1.80 bits per heavy atom. The number of aliphatic hydroxyl groups excluding tert-OH is 2. The Morgan fingerprint density at radius 3 is 2.43 bits per heavy atom. The van der Waals surface area contributed by atoms with Crippen LogP contribution in [-0.2, 0) is 4.74 Å². The SMILES string of the molecule is CCCC(O)(CCC)[C@H]1O[C@@H](n2c(C3CCCC3)nc3c(N)ncnc32)[C@H](O)[C@@H]1O. The van der Waals surface area contributed by atoms with Crippen LogP contribution in [0.2, 0.25) is 0 Å². The fourth-order valence-electron chi connectivity index (χ4n) is 5.26. The summed E-state index contributed by atoms with van der Waals surface area (Å²) in [6.45, 7) is 3.97. The number of rotatable bonds is 7. The van der Waals surface area contributed by atoms with Crippen molar-refractivity contribution in [2.75, 3.05) is 5.73 Å². The van der Waals surface area contributed by atoms with Crippen molar-refractivity contribution in [1.82, 2.24) is 19.5 Å². The van der Waals surface area contributed by atoms with Crippen molar-refractivity contribution in [3.05, 3.63) is 12.2 Å². The molecule has 1 saturated carbocycles. The van der Waals surface area contributed by atoms with E-state index in [1.54, 1.807) is 4.57 Å². The highest BCUT2D eigenvalue weighted by molar-refractivity contribution is 5.82. The quantitative estimate of drug-likeness (QED) is 0.534. The molecule has 1 aliphatic carbocycles. The van der Waals surface area contributed by atoms with Crippen LogP contribution >= 0.6 is 0 Å². The van der Waals surface area contributed by atoms with Crippen molar-refractivity contribution in [3.63, 3.8) is 0 Å². The van der Waals surface area contributed by atoms with Crippen LogP contribution in [0.25, 0.3) is 11.2 Å². The number of aromatic nitrogens is 4. The molecule has 2 aromatic heterocycles. The van der Waals surface area contributed by atoms with E-state index in [0.717, 1.165) is 44.3 Å². The lowest BCUT2D eigenvalue weighted by molar-refractivity contribution is -0.147. The van der Waals surface area contributed by atoms with Gasteiger partial charge in [0.15, 0.2) is 23.2 Å². The Bertz CT molecular complexity index is 876. The zero-order chi connectivity index (χ0) is 21.5. The first-order valence-electron chi connectivity index (χ1n) is 11.1. The summed E-state index contributed by atoms with van der Waals surface area (Å²) in [5.74, 6) is 1.23. The van der Waals surface area contributed by atoms with Gasteiger partial charge in [-0.25, -0.2) is 15.0 Å². The van der Waals surface area contributed by atoms with Gasteiger partial charge in [0.2, 0.25) is 0 Å². The molecule has 30 heavy (non-hydrogen) atoms. The number of imidazole rings is 1. The maximum atomic E-state index is 11.3. The molecule has 0 unspecified atom stereocenters. The van der Waals surface area contributed by atoms with Gasteiger partial charge in [0.05, 0.1) is 5.60 Å². The van der Waals surface area contributed by atoms with E-state index in [0.29, 0.717) is 24.0 Å². The first-order valence-corrected chi connectivity index (χ1v) is 11.1. The molecular formula is C21H33N5O4. The highest BCUT2D eigenvalue weighted by atomic mass is 16.6. The Hall–Kier alpha value is -1.81. The summed E-state index contributed by atoms with van der Waals surface area (Å²) in [5.41, 5.74) is 5.80. The molecule has 166 valence electrons. The average molecular weight is 420 g/mol. The predicted octanol–water partition coefficient (Wildman–Crippen LogP) is 2.02. The highest BCUT2D eigenvalue weighted by Gasteiger charge is 2.53. The number of nitrogens with two attached hydrogens (primary N) is 1. The lowest BCUT2D eigenvalue weighted by Crippen LogP contribution is -2.49. The molecule has 2 aliphatic rings. The van der Waals surface area contributed by atoms with Crippen molar-refractivity contribution in [2.24, 2.45) is 0 Å². The summed E-state index contributed by atoms with van der Waals surface area (Å²) in [7, 11) is 0. The monoisotopic (exact) mass is 419 g/mol. The van der Waals surface area contributed by atoms with Gasteiger partial charge in [-0.15, -0.1) is 0 Å². The van der Waals surface area contributed by atoms with Crippen molar-refractivity contribution >= 4 is 17.0 Å². The van der Waals surface area contributed by atoms with Crippen molar-refractivity contribution in [2.45, 2.75) is 101 Å². The van der Waals surface area contributed by atoms with E-state index in [1.807, 2.05) is 13.8 Å². The Morgan fingerprint density at radius 1 is 1.13 bits per heavy atom. The van der Waals surface area contributed by atoms with E-state index in [9.17, 15) is 15.3 Å².